The molecule has 84 valence electrons. The Labute approximate surface area is 95.2 Å². The average Bonchev–Trinajstić information content (AvgIpc) is 2.80. The zero-order chi connectivity index (χ0) is 11.4. The van der Waals surface area contributed by atoms with Crippen molar-refractivity contribution in [3.63, 3.8) is 0 Å². The summed E-state index contributed by atoms with van der Waals surface area (Å²) in [4.78, 5) is 15.1. The van der Waals surface area contributed by atoms with E-state index in [0.717, 1.165) is 24.4 Å². The molecule has 0 saturated carbocycles. The molecule has 1 aromatic rings. The predicted molar refractivity (Wildman–Crippen MR) is 62.8 cm³/mol. The zero-order valence-corrected chi connectivity index (χ0v) is 9.40. The quantitative estimate of drug-likeness (QED) is 0.773. The van der Waals surface area contributed by atoms with Crippen LogP contribution in [-0.2, 0) is 16.0 Å². The third-order valence-electron chi connectivity index (χ3n) is 2.55. The molecular weight excluding hydrogens is 202 g/mol. The number of ether oxygens (including phenoxy) is 1. The maximum absolute atomic E-state index is 10.9. The number of carbonyl (C=O) groups excluding carboxylic acids is 1. The van der Waals surface area contributed by atoms with Gasteiger partial charge in [-0.15, -0.1) is 0 Å². The van der Waals surface area contributed by atoms with Crippen LogP contribution in [0.2, 0.25) is 0 Å². The van der Waals surface area contributed by atoms with Crippen LogP contribution >= 0.6 is 0 Å². The molecule has 0 aromatic heterocycles. The molecule has 3 heteroatoms. The topological polar surface area (TPSA) is 38.7 Å². The summed E-state index contributed by atoms with van der Waals surface area (Å²) in [6.07, 6.45) is 1.42. The minimum atomic E-state index is 0.229. The number of aliphatic imine (C=N–C) groups is 1. The van der Waals surface area contributed by atoms with Gasteiger partial charge in [-0.1, -0.05) is 12.1 Å². The van der Waals surface area contributed by atoms with Crippen molar-refractivity contribution in [3.8, 4) is 0 Å². The van der Waals surface area contributed by atoms with Crippen LogP contribution in [0.3, 0.4) is 0 Å². The lowest BCUT2D eigenvalue weighted by Crippen LogP contribution is -2.01. The average molecular weight is 217 g/mol. The summed E-state index contributed by atoms with van der Waals surface area (Å²) in [5.41, 5.74) is 2.20. The number of ketones is 1. The van der Waals surface area contributed by atoms with Gasteiger partial charge in [0.25, 0.3) is 0 Å². The molecule has 0 amide bonds. The normalized spacial score (nSPS) is 14.4. The van der Waals surface area contributed by atoms with Gasteiger partial charge in [0.1, 0.15) is 12.4 Å². The molecule has 0 fully saturated rings. The maximum atomic E-state index is 10.9. The summed E-state index contributed by atoms with van der Waals surface area (Å²) >= 11 is 0. The zero-order valence-electron chi connectivity index (χ0n) is 9.40. The summed E-state index contributed by atoms with van der Waals surface area (Å²) < 4.78 is 5.37. The summed E-state index contributed by atoms with van der Waals surface area (Å²) in [6.45, 7) is 3.05. The van der Waals surface area contributed by atoms with Gasteiger partial charge >= 0.3 is 0 Å². The first-order valence-electron chi connectivity index (χ1n) is 5.52. The second-order valence-corrected chi connectivity index (χ2v) is 3.93. The molecule has 16 heavy (non-hydrogen) atoms. The van der Waals surface area contributed by atoms with Crippen LogP contribution < -0.4 is 0 Å². The Hall–Kier alpha value is -1.64. The molecule has 0 aliphatic carbocycles. The van der Waals surface area contributed by atoms with Gasteiger partial charge in [0.2, 0.25) is 5.90 Å². The van der Waals surface area contributed by atoms with Gasteiger partial charge in [0.05, 0.1) is 6.54 Å². The fraction of sp³-hybridized carbons (Fsp3) is 0.385. The largest absolute Gasteiger partial charge is 0.476 e. The van der Waals surface area contributed by atoms with Gasteiger partial charge in [-0.05, 0) is 31.0 Å². The minimum Gasteiger partial charge on any atom is -0.476 e. The summed E-state index contributed by atoms with van der Waals surface area (Å²) in [5.74, 6) is 0.964. The van der Waals surface area contributed by atoms with Crippen molar-refractivity contribution < 1.29 is 9.53 Å². The van der Waals surface area contributed by atoms with E-state index in [2.05, 4.69) is 4.99 Å². The van der Waals surface area contributed by atoms with Crippen molar-refractivity contribution in [2.75, 3.05) is 13.2 Å². The van der Waals surface area contributed by atoms with Crippen molar-refractivity contribution in [2.24, 2.45) is 4.99 Å². The number of hydrogen-bond donors (Lipinski definition) is 0. The Morgan fingerprint density at radius 3 is 2.69 bits per heavy atom. The molecule has 1 aliphatic heterocycles. The van der Waals surface area contributed by atoms with E-state index in [1.807, 2.05) is 24.3 Å². The molecule has 0 N–H and O–H groups in total. The van der Waals surface area contributed by atoms with Crippen LogP contribution in [0.15, 0.2) is 29.3 Å². The Morgan fingerprint density at radius 1 is 1.38 bits per heavy atom. The van der Waals surface area contributed by atoms with Crippen molar-refractivity contribution in [1.29, 1.82) is 0 Å². The van der Waals surface area contributed by atoms with Crippen LogP contribution in [0.5, 0.6) is 0 Å². The smallest absolute Gasteiger partial charge is 0.216 e. The molecule has 0 saturated heterocycles. The van der Waals surface area contributed by atoms with E-state index >= 15 is 0 Å². The van der Waals surface area contributed by atoms with Crippen molar-refractivity contribution >= 4 is 11.7 Å². The van der Waals surface area contributed by atoms with Crippen LogP contribution in [0.1, 0.15) is 24.5 Å². The molecule has 0 atom stereocenters. The highest BCUT2D eigenvalue weighted by Gasteiger charge is 2.09. The summed E-state index contributed by atoms with van der Waals surface area (Å²) in [5, 5.41) is 0. The molecule has 2 rings (SSSR count). The fourth-order valence-electron chi connectivity index (χ4n) is 1.64. The molecule has 0 spiro atoms. The molecule has 1 aliphatic rings. The van der Waals surface area contributed by atoms with Crippen LogP contribution in [0, 0.1) is 0 Å². The van der Waals surface area contributed by atoms with E-state index in [1.54, 1.807) is 6.92 Å². The summed E-state index contributed by atoms with van der Waals surface area (Å²) in [6, 6.07) is 8.06. The van der Waals surface area contributed by atoms with E-state index in [-0.39, 0.29) is 5.78 Å². The lowest BCUT2D eigenvalue weighted by molar-refractivity contribution is -0.116. The van der Waals surface area contributed by atoms with Crippen molar-refractivity contribution in [2.45, 2.75) is 19.8 Å². The first-order chi connectivity index (χ1) is 7.75. The van der Waals surface area contributed by atoms with Crippen molar-refractivity contribution in [1.82, 2.24) is 0 Å². The van der Waals surface area contributed by atoms with E-state index in [1.165, 1.54) is 5.56 Å². The van der Waals surface area contributed by atoms with Crippen molar-refractivity contribution in [3.05, 3.63) is 35.4 Å². The highest BCUT2D eigenvalue weighted by atomic mass is 16.5. The van der Waals surface area contributed by atoms with E-state index in [9.17, 15) is 4.79 Å². The number of aryl methyl sites for hydroxylation is 1. The molecule has 0 unspecified atom stereocenters. The number of benzene rings is 1. The molecule has 3 nitrogen and oxygen atoms in total. The highest BCUT2D eigenvalue weighted by Crippen LogP contribution is 2.11. The number of rotatable bonds is 4. The standard InChI is InChI=1S/C13H15NO2/c1-10(15)2-3-11-4-6-12(7-5-11)13-14-8-9-16-13/h4-7H,2-3,8-9H2,1H3. The van der Waals surface area contributed by atoms with Gasteiger partial charge in [-0.25, -0.2) is 4.99 Å². The Bertz CT molecular complexity index is 406. The number of hydrogen-bond acceptors (Lipinski definition) is 3. The summed E-state index contributed by atoms with van der Waals surface area (Å²) in [7, 11) is 0. The Kier molecular flexibility index (Phi) is 3.34. The van der Waals surface area contributed by atoms with E-state index < -0.39 is 0 Å². The highest BCUT2D eigenvalue weighted by molar-refractivity contribution is 5.94. The minimum absolute atomic E-state index is 0.229. The maximum Gasteiger partial charge on any atom is 0.216 e. The lowest BCUT2D eigenvalue weighted by atomic mass is 10.1. The third-order valence-corrected chi connectivity index (χ3v) is 2.55. The molecule has 1 aromatic carbocycles. The SMILES string of the molecule is CC(=O)CCc1ccc(C2=NCCO2)cc1. The Morgan fingerprint density at radius 2 is 2.12 bits per heavy atom. The molecular formula is C13H15NO2. The van der Waals surface area contributed by atoms with E-state index in [4.69, 9.17) is 4.74 Å². The first kappa shape index (κ1) is 10.9. The fourth-order valence-corrected chi connectivity index (χ4v) is 1.64. The molecule has 1 heterocycles. The first-order valence-corrected chi connectivity index (χ1v) is 5.52. The second-order valence-electron chi connectivity index (χ2n) is 3.93. The second kappa shape index (κ2) is 4.92. The molecule has 0 radical (unpaired) electrons. The Balaban J connectivity index is 2.01. The van der Waals surface area contributed by atoms with E-state index in [0.29, 0.717) is 13.0 Å². The van der Waals surface area contributed by atoms with Gasteiger partial charge in [-0.3, -0.25) is 0 Å². The number of carbonyl (C=O) groups is 1. The number of nitrogens with zero attached hydrogens (tertiary/aromatic N) is 1. The van der Waals surface area contributed by atoms with Crippen LogP contribution in [0.25, 0.3) is 0 Å². The van der Waals surface area contributed by atoms with Gasteiger partial charge in [0, 0.05) is 12.0 Å². The third kappa shape index (κ3) is 2.69. The van der Waals surface area contributed by atoms with Crippen LogP contribution in [-0.4, -0.2) is 24.8 Å². The van der Waals surface area contributed by atoms with Gasteiger partial charge in [0.15, 0.2) is 0 Å². The van der Waals surface area contributed by atoms with Crippen LogP contribution in [0.4, 0.5) is 0 Å². The van der Waals surface area contributed by atoms with Gasteiger partial charge in [-0.2, -0.15) is 0 Å². The lowest BCUT2D eigenvalue weighted by Gasteiger charge is -2.03. The van der Waals surface area contributed by atoms with Gasteiger partial charge < -0.3 is 9.53 Å². The molecule has 0 bridgehead atoms. The number of Topliss-reactive ketones (excluding diaryl/α,β-unsaturated/α-hetero) is 1. The predicted octanol–water partition coefficient (Wildman–Crippen LogP) is 1.98. The monoisotopic (exact) mass is 217 g/mol.